The highest BCUT2D eigenvalue weighted by Gasteiger charge is 2.45. The first-order chi connectivity index (χ1) is 8.38. The second-order valence-corrected chi connectivity index (χ2v) is 6.12. The van der Waals surface area contributed by atoms with Gasteiger partial charge in [-0.1, -0.05) is 13.8 Å². The Kier molecular flexibility index (Phi) is 3.32. The van der Waals surface area contributed by atoms with Crippen LogP contribution in [0.3, 0.4) is 0 Å². The van der Waals surface area contributed by atoms with Crippen molar-refractivity contribution >= 4 is 5.78 Å². The Morgan fingerprint density at radius 3 is 2.39 bits per heavy atom. The minimum Gasteiger partial charge on any atom is -0.370 e. The van der Waals surface area contributed by atoms with Crippen LogP contribution in [0, 0.1) is 5.41 Å². The van der Waals surface area contributed by atoms with E-state index in [2.05, 4.69) is 18.8 Å². The number of hydrogen-bond acceptors (Lipinski definition) is 3. The van der Waals surface area contributed by atoms with Gasteiger partial charge in [-0.2, -0.15) is 0 Å². The summed E-state index contributed by atoms with van der Waals surface area (Å²) in [6.45, 7) is 4.50. The van der Waals surface area contributed by atoms with E-state index < -0.39 is 5.60 Å². The molecule has 0 spiro atoms. The summed E-state index contributed by atoms with van der Waals surface area (Å²) in [4.78, 5) is 16.7. The maximum absolute atomic E-state index is 12.6. The smallest absolute Gasteiger partial charge is 0.214 e. The van der Waals surface area contributed by atoms with Crippen molar-refractivity contribution in [1.82, 2.24) is 9.55 Å². The van der Waals surface area contributed by atoms with E-state index >= 15 is 0 Å². The molecule has 0 unspecified atom stereocenters. The number of hydrogen-bond donors (Lipinski definition) is 0. The molecule has 1 heterocycles. The molecule has 1 aliphatic rings. The number of carbonyl (C=O) groups excluding carboxylic acids is 1. The van der Waals surface area contributed by atoms with Crippen molar-refractivity contribution in [2.75, 3.05) is 7.11 Å². The fourth-order valence-electron chi connectivity index (χ4n) is 2.62. The van der Waals surface area contributed by atoms with Crippen LogP contribution in [-0.2, 0) is 11.8 Å². The molecule has 4 heteroatoms. The summed E-state index contributed by atoms with van der Waals surface area (Å²) in [7, 11) is 3.51. The van der Waals surface area contributed by atoms with Gasteiger partial charge >= 0.3 is 0 Å². The molecule has 0 N–H and O–H groups in total. The van der Waals surface area contributed by atoms with E-state index in [1.807, 2.05) is 7.05 Å². The number of imidazole rings is 1. The van der Waals surface area contributed by atoms with Crippen molar-refractivity contribution in [3.05, 3.63) is 18.2 Å². The van der Waals surface area contributed by atoms with Crippen LogP contribution in [0.1, 0.15) is 50.0 Å². The zero-order valence-corrected chi connectivity index (χ0v) is 11.7. The number of carbonyl (C=O) groups is 1. The van der Waals surface area contributed by atoms with Gasteiger partial charge in [-0.15, -0.1) is 0 Å². The lowest BCUT2D eigenvalue weighted by atomic mass is 9.69. The number of methoxy groups -OCH3 is 1. The Morgan fingerprint density at radius 2 is 1.94 bits per heavy atom. The van der Waals surface area contributed by atoms with Crippen LogP contribution in [0.2, 0.25) is 0 Å². The lowest BCUT2D eigenvalue weighted by molar-refractivity contribution is -0.0385. The van der Waals surface area contributed by atoms with E-state index in [4.69, 9.17) is 4.74 Å². The average molecular weight is 250 g/mol. The molecule has 0 aliphatic heterocycles. The Hall–Kier alpha value is -1.16. The lowest BCUT2D eigenvalue weighted by Gasteiger charge is -2.41. The van der Waals surface area contributed by atoms with Gasteiger partial charge in [0.25, 0.3) is 0 Å². The molecule has 0 aromatic carbocycles. The predicted octanol–water partition coefficient (Wildman–Crippen LogP) is 2.59. The third kappa shape index (κ3) is 2.34. The molecule has 100 valence electrons. The minimum absolute atomic E-state index is 0.0288. The summed E-state index contributed by atoms with van der Waals surface area (Å²) in [5.74, 6) is 0.0288. The first-order valence-electron chi connectivity index (χ1n) is 6.46. The molecule has 1 aromatic rings. The van der Waals surface area contributed by atoms with E-state index in [0.717, 1.165) is 25.7 Å². The van der Waals surface area contributed by atoms with Crippen molar-refractivity contribution in [3.8, 4) is 0 Å². The maximum Gasteiger partial charge on any atom is 0.214 e. The molecule has 0 saturated heterocycles. The zero-order chi connectivity index (χ0) is 13.4. The molecule has 0 bridgehead atoms. The Morgan fingerprint density at radius 1 is 1.33 bits per heavy atom. The van der Waals surface area contributed by atoms with Gasteiger partial charge in [0.05, 0.1) is 6.33 Å². The number of aryl methyl sites for hydroxylation is 1. The summed E-state index contributed by atoms with van der Waals surface area (Å²) in [5.41, 5.74) is 0.162. The molecular formula is C14H22N2O2. The number of rotatable bonds is 3. The molecule has 1 saturated carbocycles. The van der Waals surface area contributed by atoms with E-state index in [1.165, 1.54) is 0 Å². The second kappa shape index (κ2) is 4.50. The summed E-state index contributed by atoms with van der Waals surface area (Å²) in [5, 5.41) is 0. The number of Topliss-reactive ketones (excluding diaryl/α,β-unsaturated/α-hetero) is 1. The van der Waals surface area contributed by atoms with Gasteiger partial charge in [0.1, 0.15) is 11.3 Å². The molecule has 1 aromatic heterocycles. The predicted molar refractivity (Wildman–Crippen MR) is 69.5 cm³/mol. The first-order valence-corrected chi connectivity index (χ1v) is 6.46. The van der Waals surface area contributed by atoms with Gasteiger partial charge in [0, 0.05) is 20.4 Å². The third-order valence-corrected chi connectivity index (χ3v) is 4.15. The van der Waals surface area contributed by atoms with Gasteiger partial charge in [0.15, 0.2) is 0 Å². The number of ether oxygens (including phenoxy) is 1. The van der Waals surface area contributed by atoms with E-state index in [1.54, 1.807) is 24.2 Å². The third-order valence-electron chi connectivity index (χ3n) is 4.15. The lowest BCUT2D eigenvalue weighted by Crippen LogP contribution is -2.45. The summed E-state index contributed by atoms with van der Waals surface area (Å²) in [6.07, 6.45) is 7.02. The van der Waals surface area contributed by atoms with Crippen LogP contribution in [0.25, 0.3) is 0 Å². The van der Waals surface area contributed by atoms with Crippen LogP contribution in [0.5, 0.6) is 0 Å². The van der Waals surface area contributed by atoms with Gasteiger partial charge in [-0.3, -0.25) is 4.79 Å². The molecule has 4 nitrogen and oxygen atoms in total. The average Bonchev–Trinajstić information content (AvgIpc) is 2.76. The highest BCUT2D eigenvalue weighted by Crippen LogP contribution is 2.43. The molecular weight excluding hydrogens is 228 g/mol. The normalized spacial score (nSPS) is 21.8. The van der Waals surface area contributed by atoms with E-state index in [-0.39, 0.29) is 5.78 Å². The van der Waals surface area contributed by atoms with Crippen molar-refractivity contribution in [2.45, 2.75) is 45.1 Å². The topological polar surface area (TPSA) is 44.1 Å². The van der Waals surface area contributed by atoms with Gasteiger partial charge in [-0.25, -0.2) is 4.98 Å². The highest BCUT2D eigenvalue weighted by molar-refractivity contribution is 6.00. The van der Waals surface area contributed by atoms with Gasteiger partial charge in [-0.05, 0) is 31.1 Å². The van der Waals surface area contributed by atoms with Gasteiger partial charge < -0.3 is 9.30 Å². The molecule has 0 atom stereocenters. The van der Waals surface area contributed by atoms with Crippen LogP contribution in [0.15, 0.2) is 12.5 Å². The first kappa shape index (κ1) is 13.3. The molecule has 0 amide bonds. The SMILES string of the molecule is COC1(C(=O)c2cn(C)cn2)CCC(C)(C)CC1. The standard InChI is InChI=1S/C14H22N2O2/c1-13(2)5-7-14(18-4,8-6-13)12(17)11-9-16(3)10-15-11/h9-10H,5-8H2,1-4H3. The van der Waals surface area contributed by atoms with Crippen molar-refractivity contribution in [3.63, 3.8) is 0 Å². The van der Waals surface area contributed by atoms with E-state index in [9.17, 15) is 4.79 Å². The molecule has 18 heavy (non-hydrogen) atoms. The highest BCUT2D eigenvalue weighted by atomic mass is 16.5. The Labute approximate surface area is 108 Å². The number of aromatic nitrogens is 2. The molecule has 0 radical (unpaired) electrons. The summed E-state index contributed by atoms with van der Waals surface area (Å²) in [6, 6.07) is 0. The number of ketones is 1. The summed E-state index contributed by atoms with van der Waals surface area (Å²) >= 11 is 0. The fraction of sp³-hybridized carbons (Fsp3) is 0.714. The van der Waals surface area contributed by atoms with E-state index in [0.29, 0.717) is 11.1 Å². The van der Waals surface area contributed by atoms with Crippen molar-refractivity contribution in [1.29, 1.82) is 0 Å². The maximum atomic E-state index is 12.6. The Bertz CT molecular complexity index is 438. The minimum atomic E-state index is -0.663. The van der Waals surface area contributed by atoms with Crippen molar-refractivity contribution in [2.24, 2.45) is 12.5 Å². The van der Waals surface area contributed by atoms with Gasteiger partial charge in [0.2, 0.25) is 5.78 Å². The van der Waals surface area contributed by atoms with Crippen LogP contribution < -0.4 is 0 Å². The van der Waals surface area contributed by atoms with Crippen LogP contribution in [0.4, 0.5) is 0 Å². The molecule has 1 aliphatic carbocycles. The second-order valence-electron chi connectivity index (χ2n) is 6.12. The fourth-order valence-corrected chi connectivity index (χ4v) is 2.62. The van der Waals surface area contributed by atoms with Crippen molar-refractivity contribution < 1.29 is 9.53 Å². The Balaban J connectivity index is 2.21. The monoisotopic (exact) mass is 250 g/mol. The van der Waals surface area contributed by atoms with Crippen LogP contribution >= 0.6 is 0 Å². The quantitative estimate of drug-likeness (QED) is 0.774. The summed E-state index contributed by atoms with van der Waals surface area (Å²) < 4.78 is 7.39. The zero-order valence-electron chi connectivity index (χ0n) is 11.7. The van der Waals surface area contributed by atoms with Crippen LogP contribution in [-0.4, -0.2) is 28.0 Å². The number of nitrogens with zero attached hydrogens (tertiary/aromatic N) is 2. The molecule has 1 fully saturated rings. The largest absolute Gasteiger partial charge is 0.370 e. The molecule has 2 rings (SSSR count).